The number of thioether (sulfide) groups is 1. The van der Waals surface area contributed by atoms with Gasteiger partial charge in [0, 0.05) is 29.0 Å². The predicted octanol–water partition coefficient (Wildman–Crippen LogP) is 1.27. The van der Waals surface area contributed by atoms with Gasteiger partial charge in [-0.1, -0.05) is 20.8 Å². The molecule has 3 aliphatic rings. The van der Waals surface area contributed by atoms with E-state index in [1.165, 1.54) is 16.7 Å². The molecule has 0 aromatic heterocycles. The van der Waals surface area contributed by atoms with Crippen LogP contribution in [0.25, 0.3) is 0 Å². The summed E-state index contributed by atoms with van der Waals surface area (Å²) >= 11 is 1.49. The number of amides is 2. The average molecular weight is 397 g/mol. The highest BCUT2D eigenvalue weighted by atomic mass is 32.2. The van der Waals surface area contributed by atoms with E-state index < -0.39 is 18.0 Å². The zero-order valence-corrected chi connectivity index (χ0v) is 17.0. The quantitative estimate of drug-likeness (QED) is 0.497. The van der Waals surface area contributed by atoms with Crippen molar-refractivity contribution in [3.63, 3.8) is 0 Å². The molecule has 3 rings (SSSR count). The minimum atomic E-state index is -0.765. The largest absolute Gasteiger partial charge is 0.461 e. The maximum absolute atomic E-state index is 12.8. The molecule has 0 bridgehead atoms. The standard InChI is InChI=1S/C19H28N2O5S/c1-9(2)5-6-26-19(25)16-17(27-12-7-13(23)20-8-12)10(3)15-14(11(4)22)18(24)21(15)16/h9-12,14-15,22H,5-8H2,1-4H3,(H,20,23)/t10-,11-,12-,14-,15-/m1/s1. The molecule has 3 aliphatic heterocycles. The fraction of sp³-hybridized carbons (Fsp3) is 0.737. The van der Waals surface area contributed by atoms with Crippen LogP contribution in [-0.2, 0) is 19.1 Å². The van der Waals surface area contributed by atoms with Crippen molar-refractivity contribution in [1.29, 1.82) is 0 Å². The molecule has 0 saturated carbocycles. The minimum Gasteiger partial charge on any atom is -0.461 e. The maximum atomic E-state index is 12.8. The van der Waals surface area contributed by atoms with Crippen molar-refractivity contribution >= 4 is 29.5 Å². The van der Waals surface area contributed by atoms with Crippen LogP contribution < -0.4 is 5.32 Å². The molecule has 0 aliphatic carbocycles. The number of fused-ring (bicyclic) bond motifs is 1. The number of carbonyl (C=O) groups is 3. The Morgan fingerprint density at radius 3 is 2.63 bits per heavy atom. The van der Waals surface area contributed by atoms with Gasteiger partial charge in [0.2, 0.25) is 11.8 Å². The number of carbonyl (C=O) groups excluding carboxylic acids is 3. The Morgan fingerprint density at radius 1 is 1.37 bits per heavy atom. The monoisotopic (exact) mass is 396 g/mol. The van der Waals surface area contributed by atoms with Crippen molar-refractivity contribution in [2.24, 2.45) is 17.8 Å². The van der Waals surface area contributed by atoms with Gasteiger partial charge in [0.25, 0.3) is 0 Å². The van der Waals surface area contributed by atoms with Gasteiger partial charge in [-0.15, -0.1) is 11.8 Å². The molecule has 0 aromatic carbocycles. The van der Waals surface area contributed by atoms with Crippen LogP contribution in [0, 0.1) is 17.8 Å². The third-order valence-corrected chi connectivity index (χ3v) is 6.95. The number of β-lactam (4-membered cyclic amide) rings is 1. The lowest BCUT2D eigenvalue weighted by Gasteiger charge is -2.46. The second kappa shape index (κ2) is 7.83. The van der Waals surface area contributed by atoms with E-state index in [4.69, 9.17) is 4.74 Å². The summed E-state index contributed by atoms with van der Waals surface area (Å²) < 4.78 is 5.45. The van der Waals surface area contributed by atoms with Gasteiger partial charge in [0.05, 0.1) is 24.7 Å². The van der Waals surface area contributed by atoms with E-state index in [-0.39, 0.29) is 29.0 Å². The molecule has 2 amide bonds. The first kappa shape index (κ1) is 20.2. The molecule has 0 aromatic rings. The lowest BCUT2D eigenvalue weighted by atomic mass is 9.79. The predicted molar refractivity (Wildman–Crippen MR) is 101 cm³/mol. The fourth-order valence-electron chi connectivity index (χ4n) is 3.97. The average Bonchev–Trinajstić information content (AvgIpc) is 3.08. The Bertz CT molecular complexity index is 675. The summed E-state index contributed by atoms with van der Waals surface area (Å²) in [6.45, 7) is 8.55. The molecule has 0 spiro atoms. The van der Waals surface area contributed by atoms with Crippen molar-refractivity contribution in [2.75, 3.05) is 13.2 Å². The van der Waals surface area contributed by atoms with E-state index in [9.17, 15) is 19.5 Å². The normalized spacial score (nSPS) is 31.1. The molecular weight excluding hydrogens is 368 g/mol. The van der Waals surface area contributed by atoms with Gasteiger partial charge in [-0.05, 0) is 19.3 Å². The van der Waals surface area contributed by atoms with Crippen molar-refractivity contribution in [3.05, 3.63) is 10.6 Å². The van der Waals surface area contributed by atoms with Crippen LogP contribution in [0.2, 0.25) is 0 Å². The minimum absolute atomic E-state index is 0.000946. The molecule has 0 radical (unpaired) electrons. The molecule has 2 fully saturated rings. The second-order valence-electron chi connectivity index (χ2n) is 8.03. The number of hydrogen-bond acceptors (Lipinski definition) is 6. The van der Waals surface area contributed by atoms with Gasteiger partial charge >= 0.3 is 5.97 Å². The summed E-state index contributed by atoms with van der Waals surface area (Å²) in [7, 11) is 0. The molecule has 2 saturated heterocycles. The van der Waals surface area contributed by atoms with Crippen LogP contribution in [0.5, 0.6) is 0 Å². The first-order valence-electron chi connectivity index (χ1n) is 9.58. The molecule has 5 atom stereocenters. The van der Waals surface area contributed by atoms with Gasteiger partial charge in [0.1, 0.15) is 5.70 Å². The van der Waals surface area contributed by atoms with E-state index in [0.29, 0.717) is 31.2 Å². The van der Waals surface area contributed by atoms with Crippen molar-refractivity contribution in [2.45, 2.75) is 57.9 Å². The third kappa shape index (κ3) is 3.74. The van der Waals surface area contributed by atoms with E-state index in [0.717, 1.165) is 11.3 Å². The van der Waals surface area contributed by atoms with Crippen LogP contribution in [-0.4, -0.2) is 58.3 Å². The number of ether oxygens (including phenoxy) is 1. The third-order valence-electron chi connectivity index (χ3n) is 5.46. The Balaban J connectivity index is 1.83. The molecule has 0 unspecified atom stereocenters. The highest BCUT2D eigenvalue weighted by molar-refractivity contribution is 8.03. The first-order chi connectivity index (χ1) is 12.7. The summed E-state index contributed by atoms with van der Waals surface area (Å²) in [5.41, 5.74) is 0.308. The molecule has 27 heavy (non-hydrogen) atoms. The summed E-state index contributed by atoms with van der Waals surface area (Å²) in [6.07, 6.45) is 0.388. The highest BCUT2D eigenvalue weighted by Gasteiger charge is 2.60. The summed E-state index contributed by atoms with van der Waals surface area (Å²) in [4.78, 5) is 39.2. The summed E-state index contributed by atoms with van der Waals surface area (Å²) in [6, 6.07) is -0.224. The van der Waals surface area contributed by atoms with Gasteiger partial charge in [-0.2, -0.15) is 0 Å². The number of rotatable bonds is 7. The van der Waals surface area contributed by atoms with E-state index >= 15 is 0 Å². The first-order valence-corrected chi connectivity index (χ1v) is 10.5. The van der Waals surface area contributed by atoms with Crippen LogP contribution in [0.15, 0.2) is 10.6 Å². The van der Waals surface area contributed by atoms with Gasteiger partial charge in [-0.3, -0.25) is 9.59 Å². The van der Waals surface area contributed by atoms with Gasteiger partial charge < -0.3 is 20.1 Å². The highest BCUT2D eigenvalue weighted by Crippen LogP contribution is 2.51. The maximum Gasteiger partial charge on any atom is 0.355 e. The lowest BCUT2D eigenvalue weighted by Crippen LogP contribution is -2.63. The second-order valence-corrected chi connectivity index (χ2v) is 9.38. The molecule has 7 nitrogen and oxygen atoms in total. The van der Waals surface area contributed by atoms with Crippen molar-refractivity contribution < 1.29 is 24.2 Å². The molecule has 150 valence electrons. The Hall–Kier alpha value is -1.54. The summed E-state index contributed by atoms with van der Waals surface area (Å²) in [5, 5.41) is 12.8. The van der Waals surface area contributed by atoms with Crippen LogP contribution in [0.3, 0.4) is 0 Å². The van der Waals surface area contributed by atoms with Crippen LogP contribution in [0.4, 0.5) is 0 Å². The van der Waals surface area contributed by atoms with E-state index in [1.54, 1.807) is 6.92 Å². The van der Waals surface area contributed by atoms with E-state index in [1.807, 2.05) is 6.92 Å². The lowest BCUT2D eigenvalue weighted by molar-refractivity contribution is -0.164. The fourth-order valence-corrected chi connectivity index (χ4v) is 5.37. The van der Waals surface area contributed by atoms with Crippen molar-refractivity contribution in [3.8, 4) is 0 Å². The molecule has 8 heteroatoms. The van der Waals surface area contributed by atoms with Crippen LogP contribution >= 0.6 is 11.8 Å². The number of hydrogen-bond donors (Lipinski definition) is 2. The SMILES string of the molecule is CC(C)CCOC(=O)C1=C(S[C@H]2CNC(=O)C2)[C@H](C)[C@@H]2[C@@H]([C@@H](C)O)C(=O)N12. The van der Waals surface area contributed by atoms with Crippen molar-refractivity contribution in [1.82, 2.24) is 10.2 Å². The zero-order valence-electron chi connectivity index (χ0n) is 16.2. The zero-order chi connectivity index (χ0) is 19.9. The molecule has 2 N–H and O–H groups in total. The number of nitrogens with one attached hydrogen (secondary N) is 1. The smallest absolute Gasteiger partial charge is 0.355 e. The van der Waals surface area contributed by atoms with Gasteiger partial charge in [0.15, 0.2) is 0 Å². The Labute approximate surface area is 163 Å². The number of nitrogens with zero attached hydrogens (tertiary/aromatic N) is 1. The number of aliphatic hydroxyl groups excluding tert-OH is 1. The topological polar surface area (TPSA) is 95.9 Å². The molecule has 3 heterocycles. The Morgan fingerprint density at radius 2 is 2.07 bits per heavy atom. The van der Waals surface area contributed by atoms with Gasteiger partial charge in [-0.25, -0.2) is 4.79 Å². The molecular formula is C19H28N2O5S. The van der Waals surface area contributed by atoms with E-state index in [2.05, 4.69) is 19.2 Å². The summed E-state index contributed by atoms with van der Waals surface area (Å²) in [5.74, 6) is -0.871. The number of esters is 1. The Kier molecular flexibility index (Phi) is 5.86. The number of aliphatic hydroxyl groups is 1. The van der Waals surface area contributed by atoms with Crippen LogP contribution in [0.1, 0.15) is 40.5 Å².